The van der Waals surface area contributed by atoms with E-state index in [2.05, 4.69) is 5.32 Å². The number of allylic oxidation sites excluding steroid dienone is 3. The van der Waals surface area contributed by atoms with E-state index in [0.29, 0.717) is 40.8 Å². The van der Waals surface area contributed by atoms with Crippen molar-refractivity contribution in [2.45, 2.75) is 34.1 Å². The van der Waals surface area contributed by atoms with Gasteiger partial charge >= 0.3 is 0 Å². The van der Waals surface area contributed by atoms with Crippen LogP contribution in [0.1, 0.15) is 43.1 Å². The van der Waals surface area contributed by atoms with Crippen molar-refractivity contribution in [2.24, 2.45) is 0 Å². The largest absolute Gasteiger partial charge is 0.352 e. The molecule has 0 aliphatic heterocycles. The number of aryl methyl sites for hydroxylation is 1. The molecule has 0 spiro atoms. The first-order chi connectivity index (χ1) is 10.8. The Labute approximate surface area is 136 Å². The Bertz CT molecular complexity index is 736. The van der Waals surface area contributed by atoms with Crippen molar-refractivity contribution < 1.29 is 14.4 Å². The Balaban J connectivity index is 2.01. The predicted molar refractivity (Wildman–Crippen MR) is 89.2 cm³/mol. The van der Waals surface area contributed by atoms with Crippen molar-refractivity contribution in [3.8, 4) is 0 Å². The van der Waals surface area contributed by atoms with E-state index in [9.17, 15) is 14.4 Å². The number of rotatable bonds is 4. The second-order valence-electron chi connectivity index (χ2n) is 5.88. The number of hydrogen-bond acceptors (Lipinski definition) is 3. The van der Waals surface area contributed by atoms with Gasteiger partial charge in [-0.1, -0.05) is 17.7 Å². The molecule has 0 bridgehead atoms. The molecule has 0 saturated carbocycles. The van der Waals surface area contributed by atoms with Crippen molar-refractivity contribution in [1.29, 1.82) is 0 Å². The Morgan fingerprint density at radius 2 is 1.43 bits per heavy atom. The first kappa shape index (κ1) is 16.9. The van der Waals surface area contributed by atoms with Crippen LogP contribution in [0.15, 0.2) is 46.6 Å². The highest BCUT2D eigenvalue weighted by molar-refractivity contribution is 6.24. The summed E-state index contributed by atoms with van der Waals surface area (Å²) in [6.45, 7) is 7.31. The van der Waals surface area contributed by atoms with Crippen LogP contribution in [0.2, 0.25) is 0 Å². The van der Waals surface area contributed by atoms with Crippen molar-refractivity contribution >= 4 is 17.5 Å². The molecule has 1 amide bonds. The van der Waals surface area contributed by atoms with Crippen molar-refractivity contribution in [3.05, 3.63) is 57.7 Å². The fourth-order valence-electron chi connectivity index (χ4n) is 2.56. The summed E-state index contributed by atoms with van der Waals surface area (Å²) >= 11 is 0. The molecule has 0 unspecified atom stereocenters. The van der Waals surface area contributed by atoms with Crippen LogP contribution in [0.5, 0.6) is 0 Å². The Morgan fingerprint density at radius 1 is 0.870 bits per heavy atom. The number of Topliss-reactive ketones (excluding diaryl/α,β-unsaturated/α-hetero) is 2. The second-order valence-corrected chi connectivity index (χ2v) is 5.88. The van der Waals surface area contributed by atoms with Gasteiger partial charge in [0.15, 0.2) is 11.6 Å². The summed E-state index contributed by atoms with van der Waals surface area (Å²) in [6, 6.07) is 7.28. The van der Waals surface area contributed by atoms with E-state index in [4.69, 9.17) is 0 Å². The summed E-state index contributed by atoms with van der Waals surface area (Å²) in [5, 5.41) is 2.80. The SMILES string of the molecule is CC1=C(C)C(=O)C(CCNC(=O)c2ccc(C)cc2)=C(C)C1=O. The molecule has 2 rings (SSSR count). The Hall–Kier alpha value is -2.49. The van der Waals surface area contributed by atoms with Crippen LogP contribution in [0.3, 0.4) is 0 Å². The quantitative estimate of drug-likeness (QED) is 0.870. The molecule has 0 saturated heterocycles. The van der Waals surface area contributed by atoms with Crippen LogP contribution in [0.25, 0.3) is 0 Å². The van der Waals surface area contributed by atoms with Crippen LogP contribution in [-0.4, -0.2) is 24.0 Å². The number of ketones is 2. The van der Waals surface area contributed by atoms with E-state index >= 15 is 0 Å². The van der Waals surface area contributed by atoms with Crippen molar-refractivity contribution in [1.82, 2.24) is 5.32 Å². The first-order valence-electron chi connectivity index (χ1n) is 7.64. The summed E-state index contributed by atoms with van der Waals surface area (Å²) < 4.78 is 0. The number of hydrogen-bond donors (Lipinski definition) is 1. The van der Waals surface area contributed by atoms with Gasteiger partial charge in [-0.05, 0) is 46.2 Å². The molecule has 1 aliphatic rings. The lowest BCUT2D eigenvalue weighted by molar-refractivity contribution is -0.116. The van der Waals surface area contributed by atoms with Gasteiger partial charge < -0.3 is 5.32 Å². The molecule has 1 aliphatic carbocycles. The van der Waals surface area contributed by atoms with Crippen LogP contribution in [-0.2, 0) is 9.59 Å². The van der Waals surface area contributed by atoms with Crippen molar-refractivity contribution in [3.63, 3.8) is 0 Å². The minimum Gasteiger partial charge on any atom is -0.352 e. The van der Waals surface area contributed by atoms with Gasteiger partial charge in [0, 0.05) is 34.4 Å². The summed E-state index contributed by atoms with van der Waals surface area (Å²) in [7, 11) is 0. The average molecular weight is 311 g/mol. The highest BCUT2D eigenvalue weighted by Crippen LogP contribution is 2.25. The maximum Gasteiger partial charge on any atom is 0.251 e. The number of carbonyl (C=O) groups is 3. The molecule has 120 valence electrons. The fraction of sp³-hybridized carbons (Fsp3) is 0.316. The molecule has 0 radical (unpaired) electrons. The molecule has 1 N–H and O–H groups in total. The smallest absolute Gasteiger partial charge is 0.251 e. The fourth-order valence-corrected chi connectivity index (χ4v) is 2.56. The lowest BCUT2D eigenvalue weighted by Crippen LogP contribution is -2.27. The van der Waals surface area contributed by atoms with E-state index in [1.807, 2.05) is 19.1 Å². The molecule has 1 aromatic rings. The first-order valence-corrected chi connectivity index (χ1v) is 7.64. The zero-order valence-corrected chi connectivity index (χ0v) is 13.9. The molecule has 0 fully saturated rings. The Morgan fingerprint density at radius 3 is 2.04 bits per heavy atom. The number of amides is 1. The summed E-state index contributed by atoms with van der Waals surface area (Å²) in [6.07, 6.45) is 0.360. The molecule has 0 atom stereocenters. The summed E-state index contributed by atoms with van der Waals surface area (Å²) in [4.78, 5) is 36.4. The minimum atomic E-state index is -0.179. The molecular weight excluding hydrogens is 290 g/mol. The van der Waals surface area contributed by atoms with Crippen molar-refractivity contribution in [2.75, 3.05) is 6.54 Å². The van der Waals surface area contributed by atoms with Crippen LogP contribution < -0.4 is 5.32 Å². The van der Waals surface area contributed by atoms with Crippen LogP contribution >= 0.6 is 0 Å². The average Bonchev–Trinajstić information content (AvgIpc) is 2.54. The van der Waals surface area contributed by atoms with Gasteiger partial charge in [-0.2, -0.15) is 0 Å². The third kappa shape index (κ3) is 3.47. The van der Waals surface area contributed by atoms with Gasteiger partial charge in [-0.3, -0.25) is 14.4 Å². The normalized spacial score (nSPS) is 15.3. The molecule has 0 heterocycles. The molecular formula is C19H21NO3. The van der Waals surface area contributed by atoms with Gasteiger partial charge in [0.05, 0.1) is 0 Å². The van der Waals surface area contributed by atoms with Gasteiger partial charge in [-0.25, -0.2) is 0 Å². The highest BCUT2D eigenvalue weighted by atomic mass is 16.2. The maximum absolute atomic E-state index is 12.3. The van der Waals surface area contributed by atoms with Gasteiger partial charge in [-0.15, -0.1) is 0 Å². The Kier molecular flexibility index (Phi) is 4.94. The summed E-state index contributed by atoms with van der Waals surface area (Å²) in [5.41, 5.74) is 3.68. The van der Waals surface area contributed by atoms with E-state index in [1.165, 1.54) is 0 Å². The lowest BCUT2D eigenvalue weighted by atomic mass is 9.84. The molecule has 1 aromatic carbocycles. The third-order valence-electron chi connectivity index (χ3n) is 4.29. The minimum absolute atomic E-state index is 0.0815. The predicted octanol–water partition coefficient (Wildman–Crippen LogP) is 2.92. The highest BCUT2D eigenvalue weighted by Gasteiger charge is 2.27. The van der Waals surface area contributed by atoms with Gasteiger partial charge in [0.25, 0.3) is 5.91 Å². The van der Waals surface area contributed by atoms with E-state index in [1.54, 1.807) is 32.9 Å². The zero-order valence-electron chi connectivity index (χ0n) is 13.9. The third-order valence-corrected chi connectivity index (χ3v) is 4.29. The second kappa shape index (κ2) is 6.73. The zero-order chi connectivity index (χ0) is 17.1. The standard InChI is InChI=1S/C19H21NO3/c1-11-5-7-15(8-6-11)19(23)20-10-9-16-14(4)17(21)12(2)13(3)18(16)22/h5-8H,9-10H2,1-4H3,(H,20,23). The van der Waals surface area contributed by atoms with Gasteiger partial charge in [0.2, 0.25) is 0 Å². The molecule has 23 heavy (non-hydrogen) atoms. The molecule has 4 nitrogen and oxygen atoms in total. The molecule has 0 aromatic heterocycles. The monoisotopic (exact) mass is 311 g/mol. The molecule has 4 heteroatoms. The van der Waals surface area contributed by atoms with Crippen LogP contribution in [0.4, 0.5) is 0 Å². The number of carbonyl (C=O) groups excluding carboxylic acids is 3. The number of benzene rings is 1. The number of nitrogens with one attached hydrogen (secondary N) is 1. The topological polar surface area (TPSA) is 63.2 Å². The van der Waals surface area contributed by atoms with E-state index in [-0.39, 0.29) is 17.5 Å². The van der Waals surface area contributed by atoms with Gasteiger partial charge in [0.1, 0.15) is 0 Å². The summed E-state index contributed by atoms with van der Waals surface area (Å²) in [5.74, 6) is -0.354. The maximum atomic E-state index is 12.3. The van der Waals surface area contributed by atoms with E-state index in [0.717, 1.165) is 5.56 Å². The van der Waals surface area contributed by atoms with E-state index < -0.39 is 0 Å². The van der Waals surface area contributed by atoms with Crippen LogP contribution in [0, 0.1) is 6.92 Å². The lowest BCUT2D eigenvalue weighted by Gasteiger charge is -2.18.